The second-order valence-electron chi connectivity index (χ2n) is 4.57. The second-order valence-corrected chi connectivity index (χ2v) is 4.57. The van der Waals surface area contributed by atoms with Gasteiger partial charge in [-0.05, 0) is 24.0 Å². The Balaban J connectivity index is 2.25. The number of imide groups is 1. The molecule has 0 spiro atoms. The van der Waals surface area contributed by atoms with E-state index in [1.807, 2.05) is 19.9 Å². The molecule has 0 aliphatic carbocycles. The molecule has 1 aliphatic heterocycles. The van der Waals surface area contributed by atoms with E-state index < -0.39 is 0 Å². The molecule has 1 aromatic heterocycles. The molecule has 1 unspecified atom stereocenters. The molecule has 2 rings (SSSR count). The number of nitrogens with one attached hydrogen (secondary N) is 1. The summed E-state index contributed by atoms with van der Waals surface area (Å²) < 4.78 is 0. The SMILES string of the molecule is CC(C)c1cc(C2CCC(=O)NC2=O)cnn1. The maximum Gasteiger partial charge on any atom is 0.234 e. The Hall–Kier alpha value is -1.78. The molecule has 1 fully saturated rings. The molecule has 0 aromatic carbocycles. The summed E-state index contributed by atoms with van der Waals surface area (Å²) in [4.78, 5) is 22.8. The number of hydrogen-bond donors (Lipinski definition) is 1. The predicted molar refractivity (Wildman–Crippen MR) is 61.2 cm³/mol. The summed E-state index contributed by atoms with van der Waals surface area (Å²) in [6, 6.07) is 1.90. The van der Waals surface area contributed by atoms with Crippen LogP contribution in [0.25, 0.3) is 0 Å². The third kappa shape index (κ3) is 2.49. The van der Waals surface area contributed by atoms with Crippen molar-refractivity contribution in [1.29, 1.82) is 0 Å². The van der Waals surface area contributed by atoms with E-state index in [2.05, 4.69) is 15.5 Å². The fourth-order valence-corrected chi connectivity index (χ4v) is 1.88. The minimum atomic E-state index is -0.277. The average molecular weight is 233 g/mol. The van der Waals surface area contributed by atoms with Crippen LogP contribution in [0.15, 0.2) is 12.3 Å². The molecule has 1 N–H and O–H groups in total. The summed E-state index contributed by atoms with van der Waals surface area (Å²) in [7, 11) is 0. The highest BCUT2D eigenvalue weighted by atomic mass is 16.2. The number of carbonyl (C=O) groups excluding carboxylic acids is 2. The smallest absolute Gasteiger partial charge is 0.234 e. The van der Waals surface area contributed by atoms with Crippen LogP contribution in [0.1, 0.15) is 49.8 Å². The molecule has 5 nitrogen and oxygen atoms in total. The molecule has 17 heavy (non-hydrogen) atoms. The van der Waals surface area contributed by atoms with Crippen molar-refractivity contribution in [3.63, 3.8) is 0 Å². The Morgan fingerprint density at radius 1 is 1.41 bits per heavy atom. The molecule has 2 amide bonds. The molecule has 0 saturated carbocycles. The maximum atomic E-state index is 11.7. The maximum absolute atomic E-state index is 11.7. The van der Waals surface area contributed by atoms with Crippen LogP contribution in [0.2, 0.25) is 0 Å². The Morgan fingerprint density at radius 2 is 2.18 bits per heavy atom. The highest BCUT2D eigenvalue weighted by Crippen LogP contribution is 2.25. The molecule has 90 valence electrons. The number of hydrogen-bond acceptors (Lipinski definition) is 4. The minimum Gasteiger partial charge on any atom is -0.296 e. The molecule has 5 heteroatoms. The van der Waals surface area contributed by atoms with Crippen LogP contribution in [-0.2, 0) is 9.59 Å². The van der Waals surface area contributed by atoms with Gasteiger partial charge in [-0.2, -0.15) is 10.2 Å². The van der Waals surface area contributed by atoms with Gasteiger partial charge >= 0.3 is 0 Å². The van der Waals surface area contributed by atoms with Gasteiger partial charge in [-0.25, -0.2) is 0 Å². The largest absolute Gasteiger partial charge is 0.296 e. The lowest BCUT2D eigenvalue weighted by atomic mass is 9.91. The van der Waals surface area contributed by atoms with Crippen LogP contribution >= 0.6 is 0 Å². The second kappa shape index (κ2) is 4.61. The third-order valence-electron chi connectivity index (χ3n) is 2.93. The van der Waals surface area contributed by atoms with Crippen molar-refractivity contribution in [2.75, 3.05) is 0 Å². The zero-order valence-corrected chi connectivity index (χ0v) is 9.93. The molecule has 1 aliphatic rings. The molecule has 1 atom stereocenters. The first-order chi connectivity index (χ1) is 8.08. The van der Waals surface area contributed by atoms with Crippen molar-refractivity contribution in [1.82, 2.24) is 15.5 Å². The standard InChI is InChI=1S/C12H15N3O2/c1-7(2)10-5-8(6-13-15-10)9-3-4-11(16)14-12(9)17/h5-7,9H,3-4H2,1-2H3,(H,14,16,17). The van der Waals surface area contributed by atoms with Gasteiger partial charge in [-0.15, -0.1) is 0 Å². The van der Waals surface area contributed by atoms with Gasteiger partial charge in [0.1, 0.15) is 0 Å². The zero-order chi connectivity index (χ0) is 12.4. The Morgan fingerprint density at radius 3 is 2.82 bits per heavy atom. The number of nitrogens with zero attached hydrogens (tertiary/aromatic N) is 2. The van der Waals surface area contributed by atoms with Crippen LogP contribution in [0.4, 0.5) is 0 Å². The Kier molecular flexibility index (Phi) is 3.17. The van der Waals surface area contributed by atoms with Gasteiger partial charge in [0.05, 0.1) is 17.8 Å². The summed E-state index contributed by atoms with van der Waals surface area (Å²) >= 11 is 0. The molecule has 2 heterocycles. The first kappa shape index (κ1) is 11.7. The molecule has 0 bridgehead atoms. The lowest BCUT2D eigenvalue weighted by molar-refractivity contribution is -0.134. The molecule has 0 radical (unpaired) electrons. The summed E-state index contributed by atoms with van der Waals surface area (Å²) in [5, 5.41) is 10.3. The summed E-state index contributed by atoms with van der Waals surface area (Å²) in [5.41, 5.74) is 1.71. The predicted octanol–water partition coefficient (Wildman–Crippen LogP) is 1.12. The van der Waals surface area contributed by atoms with E-state index >= 15 is 0 Å². The van der Waals surface area contributed by atoms with Crippen molar-refractivity contribution in [2.24, 2.45) is 0 Å². The third-order valence-corrected chi connectivity index (χ3v) is 2.93. The van der Waals surface area contributed by atoms with Gasteiger partial charge in [0.15, 0.2) is 0 Å². The van der Waals surface area contributed by atoms with Gasteiger partial charge in [0.25, 0.3) is 0 Å². The molecular formula is C12H15N3O2. The summed E-state index contributed by atoms with van der Waals surface area (Å²) in [6.07, 6.45) is 2.54. The van der Waals surface area contributed by atoms with E-state index in [1.165, 1.54) is 0 Å². The number of piperidine rings is 1. The molecule has 1 saturated heterocycles. The van der Waals surface area contributed by atoms with Gasteiger partial charge in [0.2, 0.25) is 11.8 Å². The van der Waals surface area contributed by atoms with E-state index in [4.69, 9.17) is 0 Å². The van der Waals surface area contributed by atoms with E-state index in [0.29, 0.717) is 12.8 Å². The average Bonchev–Trinajstić information content (AvgIpc) is 2.29. The quantitative estimate of drug-likeness (QED) is 0.777. The van der Waals surface area contributed by atoms with Gasteiger partial charge < -0.3 is 0 Å². The van der Waals surface area contributed by atoms with Crippen molar-refractivity contribution in [2.45, 2.75) is 38.5 Å². The minimum absolute atomic E-state index is 0.197. The van der Waals surface area contributed by atoms with E-state index in [9.17, 15) is 9.59 Å². The van der Waals surface area contributed by atoms with Crippen molar-refractivity contribution in [3.8, 4) is 0 Å². The Bertz CT molecular complexity index is 457. The molecular weight excluding hydrogens is 218 g/mol. The van der Waals surface area contributed by atoms with Crippen LogP contribution in [0.3, 0.4) is 0 Å². The van der Waals surface area contributed by atoms with Crippen LogP contribution < -0.4 is 5.32 Å². The summed E-state index contributed by atoms with van der Waals surface area (Å²) in [6.45, 7) is 4.05. The van der Waals surface area contributed by atoms with Crippen molar-refractivity contribution >= 4 is 11.8 Å². The van der Waals surface area contributed by atoms with E-state index in [1.54, 1.807) is 6.20 Å². The van der Waals surface area contributed by atoms with Gasteiger partial charge in [-0.3, -0.25) is 14.9 Å². The number of aromatic nitrogens is 2. The first-order valence-electron chi connectivity index (χ1n) is 5.74. The van der Waals surface area contributed by atoms with Crippen LogP contribution in [0.5, 0.6) is 0 Å². The molecule has 1 aromatic rings. The van der Waals surface area contributed by atoms with E-state index in [-0.39, 0.29) is 23.7 Å². The highest BCUT2D eigenvalue weighted by molar-refractivity contribution is 6.00. The topological polar surface area (TPSA) is 72.0 Å². The number of rotatable bonds is 2. The summed E-state index contributed by atoms with van der Waals surface area (Å²) in [5.74, 6) is -0.433. The first-order valence-corrected chi connectivity index (χ1v) is 5.74. The Labute approximate surface area is 99.6 Å². The number of carbonyl (C=O) groups is 2. The number of amides is 2. The van der Waals surface area contributed by atoms with Crippen molar-refractivity contribution in [3.05, 3.63) is 23.5 Å². The van der Waals surface area contributed by atoms with Crippen LogP contribution in [-0.4, -0.2) is 22.0 Å². The van der Waals surface area contributed by atoms with E-state index in [0.717, 1.165) is 11.3 Å². The fourth-order valence-electron chi connectivity index (χ4n) is 1.88. The van der Waals surface area contributed by atoms with Crippen LogP contribution in [0, 0.1) is 0 Å². The zero-order valence-electron chi connectivity index (χ0n) is 9.93. The monoisotopic (exact) mass is 233 g/mol. The lowest BCUT2D eigenvalue weighted by Crippen LogP contribution is -2.39. The normalized spacial score (nSPS) is 20.5. The van der Waals surface area contributed by atoms with Crippen molar-refractivity contribution < 1.29 is 9.59 Å². The van der Waals surface area contributed by atoms with Gasteiger partial charge in [0, 0.05) is 6.42 Å². The lowest BCUT2D eigenvalue weighted by Gasteiger charge is -2.21. The highest BCUT2D eigenvalue weighted by Gasteiger charge is 2.28. The fraction of sp³-hybridized carbons (Fsp3) is 0.500. The van der Waals surface area contributed by atoms with Gasteiger partial charge in [-0.1, -0.05) is 13.8 Å².